The van der Waals surface area contributed by atoms with Gasteiger partial charge in [-0.25, -0.2) is 0 Å². The van der Waals surface area contributed by atoms with Gasteiger partial charge in [0.1, 0.15) is 11.0 Å². The average Bonchev–Trinajstić information content (AvgIpc) is 2.99. The fourth-order valence-electron chi connectivity index (χ4n) is 1.74. The van der Waals surface area contributed by atoms with Crippen molar-refractivity contribution in [2.24, 2.45) is 0 Å². The minimum absolute atomic E-state index is 0.168. The van der Waals surface area contributed by atoms with Crippen molar-refractivity contribution in [2.45, 2.75) is 31.7 Å². The van der Waals surface area contributed by atoms with E-state index >= 15 is 0 Å². The summed E-state index contributed by atoms with van der Waals surface area (Å²) < 4.78 is 4.97. The molecule has 1 atom stereocenters. The van der Waals surface area contributed by atoms with Gasteiger partial charge in [-0.2, -0.15) is 0 Å². The first-order chi connectivity index (χ1) is 10.1. The summed E-state index contributed by atoms with van der Waals surface area (Å²) in [4.78, 5) is 23.8. The Bertz CT molecular complexity index is 648. The molecule has 110 valence electrons. The highest BCUT2D eigenvalue weighted by Crippen LogP contribution is 2.42. The minimum atomic E-state index is -0.698. The van der Waals surface area contributed by atoms with Crippen LogP contribution < -0.4 is 10.6 Å². The summed E-state index contributed by atoms with van der Waals surface area (Å²) in [5.41, 5.74) is 0. The smallest absolute Gasteiger partial charge is 0.287 e. The van der Waals surface area contributed by atoms with Gasteiger partial charge in [-0.1, -0.05) is 11.3 Å². The lowest BCUT2D eigenvalue weighted by molar-refractivity contribution is -0.117. The molecule has 1 unspecified atom stereocenters. The number of furan rings is 1. The van der Waals surface area contributed by atoms with Crippen LogP contribution in [0.3, 0.4) is 0 Å². The van der Waals surface area contributed by atoms with Crippen LogP contribution >= 0.6 is 11.3 Å². The third-order valence-electron chi connectivity index (χ3n) is 3.08. The number of amides is 2. The van der Waals surface area contributed by atoms with E-state index in [2.05, 4.69) is 20.8 Å². The van der Waals surface area contributed by atoms with Gasteiger partial charge in [-0.15, -0.1) is 10.2 Å². The zero-order valence-electron chi connectivity index (χ0n) is 11.3. The van der Waals surface area contributed by atoms with Crippen molar-refractivity contribution < 1.29 is 14.0 Å². The monoisotopic (exact) mass is 306 g/mol. The van der Waals surface area contributed by atoms with Crippen molar-refractivity contribution in [3.05, 3.63) is 29.2 Å². The predicted octanol–water partition coefficient (Wildman–Crippen LogP) is 1.77. The lowest BCUT2D eigenvalue weighted by Crippen LogP contribution is -2.41. The largest absolute Gasteiger partial charge is 0.459 e. The molecule has 3 rings (SSSR count). The van der Waals surface area contributed by atoms with Crippen LogP contribution in [0.2, 0.25) is 0 Å². The van der Waals surface area contributed by atoms with Crippen LogP contribution in [-0.2, 0) is 4.79 Å². The maximum absolute atomic E-state index is 12.0. The van der Waals surface area contributed by atoms with Crippen LogP contribution in [0.4, 0.5) is 5.13 Å². The third-order valence-corrected chi connectivity index (χ3v) is 4.08. The predicted molar refractivity (Wildman–Crippen MR) is 76.1 cm³/mol. The minimum Gasteiger partial charge on any atom is -0.459 e. The first kappa shape index (κ1) is 13.7. The molecule has 8 heteroatoms. The van der Waals surface area contributed by atoms with Gasteiger partial charge in [0.25, 0.3) is 5.91 Å². The second-order valence-electron chi connectivity index (χ2n) is 4.88. The van der Waals surface area contributed by atoms with Crippen molar-refractivity contribution in [3.63, 3.8) is 0 Å². The number of rotatable bonds is 5. The molecule has 0 aromatic carbocycles. The first-order valence-electron chi connectivity index (χ1n) is 6.62. The Morgan fingerprint density at radius 3 is 2.90 bits per heavy atom. The molecule has 0 radical (unpaired) electrons. The maximum atomic E-state index is 12.0. The highest BCUT2D eigenvalue weighted by Gasteiger charge is 2.28. The molecule has 1 fully saturated rings. The lowest BCUT2D eigenvalue weighted by Gasteiger charge is -2.11. The number of carbonyl (C=O) groups is 2. The Hall–Kier alpha value is -2.22. The van der Waals surface area contributed by atoms with Crippen LogP contribution in [0.5, 0.6) is 0 Å². The summed E-state index contributed by atoms with van der Waals surface area (Å²) in [6.45, 7) is 1.60. The topological polar surface area (TPSA) is 97.1 Å². The summed E-state index contributed by atoms with van der Waals surface area (Å²) in [5, 5.41) is 14.6. The molecule has 1 aliphatic rings. The molecule has 21 heavy (non-hydrogen) atoms. The molecule has 1 saturated carbocycles. The molecule has 2 aromatic rings. The SMILES string of the molecule is CC(NC(=O)c1ccco1)C(=O)Nc1nnc(C2CC2)s1. The van der Waals surface area contributed by atoms with Gasteiger partial charge in [-0.05, 0) is 31.9 Å². The normalized spacial score (nSPS) is 15.5. The van der Waals surface area contributed by atoms with E-state index in [4.69, 9.17) is 4.42 Å². The van der Waals surface area contributed by atoms with E-state index in [1.165, 1.54) is 23.7 Å². The molecule has 0 aliphatic heterocycles. The number of hydrogen-bond donors (Lipinski definition) is 2. The lowest BCUT2D eigenvalue weighted by atomic mass is 10.3. The quantitative estimate of drug-likeness (QED) is 0.877. The summed E-state index contributed by atoms with van der Waals surface area (Å²) in [6.07, 6.45) is 3.68. The second-order valence-corrected chi connectivity index (χ2v) is 5.89. The van der Waals surface area contributed by atoms with Crippen molar-refractivity contribution in [2.75, 3.05) is 5.32 Å². The van der Waals surface area contributed by atoms with E-state index in [1.807, 2.05) is 0 Å². The van der Waals surface area contributed by atoms with E-state index in [1.54, 1.807) is 13.0 Å². The number of nitrogens with one attached hydrogen (secondary N) is 2. The highest BCUT2D eigenvalue weighted by molar-refractivity contribution is 7.15. The summed E-state index contributed by atoms with van der Waals surface area (Å²) in [7, 11) is 0. The van der Waals surface area contributed by atoms with Crippen molar-refractivity contribution in [1.82, 2.24) is 15.5 Å². The fraction of sp³-hybridized carbons (Fsp3) is 0.385. The number of anilines is 1. The summed E-state index contributed by atoms with van der Waals surface area (Å²) in [5.74, 6) is -0.0993. The third kappa shape index (κ3) is 3.27. The number of hydrogen-bond acceptors (Lipinski definition) is 6. The fourth-order valence-corrected chi connectivity index (χ4v) is 2.65. The zero-order valence-corrected chi connectivity index (χ0v) is 12.1. The van der Waals surface area contributed by atoms with Crippen LogP contribution in [0, 0.1) is 0 Å². The molecular formula is C13H14N4O3S. The molecule has 1 aliphatic carbocycles. The summed E-state index contributed by atoms with van der Waals surface area (Å²) >= 11 is 1.38. The Morgan fingerprint density at radius 2 is 2.24 bits per heavy atom. The van der Waals surface area contributed by atoms with Crippen molar-refractivity contribution in [3.8, 4) is 0 Å². The molecule has 7 nitrogen and oxygen atoms in total. The van der Waals surface area contributed by atoms with Gasteiger partial charge in [0.05, 0.1) is 6.26 Å². The molecule has 2 amide bonds. The van der Waals surface area contributed by atoms with Crippen LogP contribution in [0.15, 0.2) is 22.8 Å². The average molecular weight is 306 g/mol. The second kappa shape index (κ2) is 5.65. The van der Waals surface area contributed by atoms with E-state index in [9.17, 15) is 9.59 Å². The Kier molecular flexibility index (Phi) is 3.70. The molecule has 2 aromatic heterocycles. The zero-order chi connectivity index (χ0) is 14.8. The van der Waals surface area contributed by atoms with Crippen molar-refractivity contribution >= 4 is 28.3 Å². The molecule has 0 saturated heterocycles. The first-order valence-corrected chi connectivity index (χ1v) is 7.44. The van der Waals surface area contributed by atoms with E-state index < -0.39 is 11.9 Å². The standard InChI is InChI=1S/C13H14N4O3S/c1-7(14-11(19)9-3-2-6-20-9)10(18)15-13-17-16-12(21-13)8-4-5-8/h2-3,6-8H,4-5H2,1H3,(H,14,19)(H,15,17,18). The molecule has 0 bridgehead atoms. The van der Waals surface area contributed by atoms with E-state index in [0.29, 0.717) is 11.0 Å². The molecular weight excluding hydrogens is 292 g/mol. The van der Waals surface area contributed by atoms with Gasteiger partial charge in [0, 0.05) is 5.92 Å². The van der Waals surface area contributed by atoms with Gasteiger partial charge in [0.15, 0.2) is 5.76 Å². The van der Waals surface area contributed by atoms with Gasteiger partial charge >= 0.3 is 0 Å². The Morgan fingerprint density at radius 1 is 1.43 bits per heavy atom. The number of nitrogens with zero attached hydrogens (tertiary/aromatic N) is 2. The molecule has 2 heterocycles. The Labute approximate surface area is 124 Å². The van der Waals surface area contributed by atoms with Gasteiger partial charge < -0.3 is 9.73 Å². The van der Waals surface area contributed by atoms with Crippen molar-refractivity contribution in [1.29, 1.82) is 0 Å². The number of carbonyl (C=O) groups excluding carboxylic acids is 2. The molecule has 2 N–H and O–H groups in total. The van der Waals surface area contributed by atoms with Crippen LogP contribution in [0.25, 0.3) is 0 Å². The van der Waals surface area contributed by atoms with Crippen LogP contribution in [0.1, 0.15) is 41.2 Å². The van der Waals surface area contributed by atoms with Crippen LogP contribution in [-0.4, -0.2) is 28.1 Å². The maximum Gasteiger partial charge on any atom is 0.287 e. The highest BCUT2D eigenvalue weighted by atomic mass is 32.1. The van der Waals surface area contributed by atoms with E-state index in [0.717, 1.165) is 17.8 Å². The Balaban J connectivity index is 1.55. The van der Waals surface area contributed by atoms with E-state index in [-0.39, 0.29) is 11.7 Å². The van der Waals surface area contributed by atoms with Gasteiger partial charge in [-0.3, -0.25) is 14.9 Å². The number of aromatic nitrogens is 2. The van der Waals surface area contributed by atoms with Gasteiger partial charge in [0.2, 0.25) is 11.0 Å². The summed E-state index contributed by atoms with van der Waals surface area (Å²) in [6, 6.07) is 2.45. The molecule has 0 spiro atoms.